The predicted octanol–water partition coefficient (Wildman–Crippen LogP) is 2.47. The summed E-state index contributed by atoms with van der Waals surface area (Å²) in [4.78, 5) is 39.7. The Balaban J connectivity index is 1.99. The number of aromatic nitrogens is 2. The number of nitrogens with zero attached hydrogens (tertiary/aromatic N) is 2. The summed E-state index contributed by atoms with van der Waals surface area (Å²) in [7, 11) is -3.85. The predicted molar refractivity (Wildman–Crippen MR) is 108 cm³/mol. The van der Waals surface area contributed by atoms with E-state index in [1.165, 1.54) is 24.0 Å². The average Bonchev–Trinajstić information content (AvgIpc) is 3.24. The van der Waals surface area contributed by atoms with E-state index in [-0.39, 0.29) is 12.4 Å². The van der Waals surface area contributed by atoms with Crippen LogP contribution in [0, 0.1) is 0 Å². The molecule has 0 radical (unpaired) electrons. The lowest BCUT2D eigenvalue weighted by Gasteiger charge is -2.17. The second kappa shape index (κ2) is 10.8. The molecule has 0 saturated carbocycles. The van der Waals surface area contributed by atoms with Crippen LogP contribution in [0.1, 0.15) is 6.23 Å². The van der Waals surface area contributed by atoms with E-state index in [1.54, 1.807) is 0 Å². The molecule has 1 aliphatic rings. The van der Waals surface area contributed by atoms with Gasteiger partial charge >= 0.3 is 32.2 Å². The van der Waals surface area contributed by atoms with Crippen molar-refractivity contribution < 1.29 is 46.3 Å². The quantitative estimate of drug-likeness (QED) is 0.464. The Bertz CT molecular complexity index is 955. The first-order valence-corrected chi connectivity index (χ1v) is 12.5. The Kier molecular flexibility index (Phi) is 8.98. The molecule has 17 heteroatoms. The van der Waals surface area contributed by atoms with Crippen molar-refractivity contribution in [1.82, 2.24) is 9.55 Å². The van der Waals surface area contributed by atoms with Gasteiger partial charge in [0.15, 0.2) is 0 Å². The molecule has 1 N–H and O–H groups in total. The average molecular weight is 501 g/mol. The standard InChI is InChI=1S/C14H21N3O11P2S/c1-23-29(21,24-2)13(19)16-9-5-6-17(12(18)15-9)10-8-31-11(28-10)7-27-14(20)30(22,25-3)26-4/h5-6,10-11H,7-8H2,1-4H3,(H,15,16,18,19)/t10-,11+/m0/s1. The molecule has 0 bridgehead atoms. The van der Waals surface area contributed by atoms with Crippen molar-refractivity contribution in [3.8, 4) is 0 Å². The van der Waals surface area contributed by atoms with Crippen molar-refractivity contribution in [1.29, 1.82) is 0 Å². The zero-order valence-corrected chi connectivity index (χ0v) is 19.5. The molecule has 31 heavy (non-hydrogen) atoms. The van der Waals surface area contributed by atoms with Crippen molar-refractivity contribution >= 4 is 44.1 Å². The number of carbonyl (C=O) groups excluding carboxylic acids is 2. The Labute approximate surface area is 180 Å². The first-order valence-electron chi connectivity index (χ1n) is 8.40. The Morgan fingerprint density at radius 2 is 1.81 bits per heavy atom. The van der Waals surface area contributed by atoms with Gasteiger partial charge in [-0.3, -0.25) is 14.7 Å². The van der Waals surface area contributed by atoms with Crippen LogP contribution >= 0.6 is 27.0 Å². The van der Waals surface area contributed by atoms with Crippen LogP contribution in [0.4, 0.5) is 15.4 Å². The molecule has 2 rings (SSSR count). The lowest BCUT2D eigenvalue weighted by Crippen LogP contribution is -2.29. The van der Waals surface area contributed by atoms with Crippen LogP contribution in [0.5, 0.6) is 0 Å². The molecule has 1 saturated heterocycles. The number of hydrogen-bond acceptors (Lipinski definition) is 13. The van der Waals surface area contributed by atoms with Crippen molar-refractivity contribution in [3.05, 3.63) is 22.7 Å². The van der Waals surface area contributed by atoms with Gasteiger partial charge in [-0.25, -0.2) is 18.7 Å². The number of ether oxygens (including phenoxy) is 2. The Morgan fingerprint density at radius 1 is 1.19 bits per heavy atom. The molecule has 2 heterocycles. The number of nitrogens with one attached hydrogen (secondary N) is 1. The molecule has 174 valence electrons. The second-order valence-electron chi connectivity index (χ2n) is 5.59. The maximum absolute atomic E-state index is 12.3. The fraction of sp³-hybridized carbons (Fsp3) is 0.571. The number of hydrogen-bond donors (Lipinski definition) is 1. The molecular weight excluding hydrogens is 480 g/mol. The summed E-state index contributed by atoms with van der Waals surface area (Å²) in [6.45, 7) is -0.254. The van der Waals surface area contributed by atoms with Crippen LogP contribution in [-0.2, 0) is 36.7 Å². The van der Waals surface area contributed by atoms with Crippen LogP contribution in [0.15, 0.2) is 17.1 Å². The number of amides is 1. The van der Waals surface area contributed by atoms with E-state index in [9.17, 15) is 23.5 Å². The highest BCUT2D eigenvalue weighted by Gasteiger charge is 2.37. The van der Waals surface area contributed by atoms with E-state index in [0.29, 0.717) is 5.75 Å². The van der Waals surface area contributed by atoms with Gasteiger partial charge in [0, 0.05) is 40.4 Å². The van der Waals surface area contributed by atoms with Gasteiger partial charge in [-0.15, -0.1) is 11.8 Å². The molecule has 2 atom stereocenters. The molecule has 1 aromatic heterocycles. The number of rotatable bonds is 10. The third-order valence-corrected chi connectivity index (χ3v) is 8.09. The molecule has 0 spiro atoms. The van der Waals surface area contributed by atoms with Crippen molar-refractivity contribution in [2.75, 3.05) is 46.1 Å². The van der Waals surface area contributed by atoms with Crippen LogP contribution in [0.3, 0.4) is 0 Å². The zero-order valence-electron chi connectivity index (χ0n) is 16.9. The topological polar surface area (TPSA) is 171 Å². The van der Waals surface area contributed by atoms with Crippen LogP contribution in [0.2, 0.25) is 0 Å². The highest BCUT2D eigenvalue weighted by molar-refractivity contribution is 8.00. The third-order valence-electron chi connectivity index (χ3n) is 3.89. The lowest BCUT2D eigenvalue weighted by molar-refractivity contribution is -0.00832. The molecule has 0 aliphatic carbocycles. The number of anilines is 1. The molecule has 1 aromatic rings. The minimum Gasteiger partial charge on any atom is -0.453 e. The molecule has 1 aliphatic heterocycles. The van der Waals surface area contributed by atoms with Crippen LogP contribution < -0.4 is 11.0 Å². The summed E-state index contributed by atoms with van der Waals surface area (Å²) >= 11 is 1.25. The summed E-state index contributed by atoms with van der Waals surface area (Å²) in [5.41, 5.74) is -3.64. The first kappa shape index (κ1) is 25.7. The highest BCUT2D eigenvalue weighted by Crippen LogP contribution is 2.49. The second-order valence-corrected chi connectivity index (χ2v) is 11.0. The van der Waals surface area contributed by atoms with E-state index in [4.69, 9.17) is 9.47 Å². The van der Waals surface area contributed by atoms with E-state index in [2.05, 4.69) is 28.4 Å². The minimum absolute atomic E-state index is 0.161. The van der Waals surface area contributed by atoms with Gasteiger partial charge < -0.3 is 27.6 Å². The van der Waals surface area contributed by atoms with E-state index in [1.807, 2.05) is 0 Å². The van der Waals surface area contributed by atoms with E-state index < -0.39 is 43.9 Å². The van der Waals surface area contributed by atoms with Gasteiger partial charge in [0.1, 0.15) is 24.1 Å². The fourth-order valence-corrected chi connectivity index (χ4v) is 4.64. The number of carbonyl (C=O) groups is 2. The van der Waals surface area contributed by atoms with Crippen molar-refractivity contribution in [2.45, 2.75) is 11.7 Å². The molecule has 0 aromatic carbocycles. The number of thioether (sulfide) groups is 1. The molecule has 14 nitrogen and oxygen atoms in total. The largest absolute Gasteiger partial charge is 0.453 e. The lowest BCUT2D eigenvalue weighted by atomic mass is 10.5. The van der Waals surface area contributed by atoms with Gasteiger partial charge in [-0.2, -0.15) is 4.98 Å². The van der Waals surface area contributed by atoms with Gasteiger partial charge in [-0.05, 0) is 6.07 Å². The summed E-state index contributed by atoms with van der Waals surface area (Å²) in [6.07, 6.45) is 0.582. The van der Waals surface area contributed by atoms with E-state index >= 15 is 0 Å². The molecule has 1 fully saturated rings. The van der Waals surface area contributed by atoms with E-state index in [0.717, 1.165) is 33.0 Å². The summed E-state index contributed by atoms with van der Waals surface area (Å²) in [5.74, 6) is 0.163. The van der Waals surface area contributed by atoms with Crippen molar-refractivity contribution in [3.63, 3.8) is 0 Å². The fourth-order valence-electron chi connectivity index (χ4n) is 2.24. The Hall–Kier alpha value is -1.57. The Morgan fingerprint density at radius 3 is 2.35 bits per heavy atom. The van der Waals surface area contributed by atoms with Gasteiger partial charge in [-0.1, -0.05) is 0 Å². The summed E-state index contributed by atoms with van der Waals surface area (Å²) in [5, 5.41) is 2.18. The minimum atomic E-state index is -4.03. The van der Waals surface area contributed by atoms with Gasteiger partial charge in [0.25, 0.3) is 0 Å². The summed E-state index contributed by atoms with van der Waals surface area (Å²) < 4.78 is 53.8. The zero-order chi connectivity index (χ0) is 23.2. The SMILES string of the molecule is COP(=O)(OC)C(=O)Nc1ccn([C@@H]2CS[C@H](COC(=O)P(=O)(OC)OC)O2)c(=O)n1. The monoisotopic (exact) mass is 501 g/mol. The van der Waals surface area contributed by atoms with Crippen molar-refractivity contribution in [2.24, 2.45) is 0 Å². The molecule has 1 amide bonds. The molecular formula is C14H21N3O11P2S. The van der Waals surface area contributed by atoms with Gasteiger partial charge in [0.05, 0.1) is 0 Å². The smallest absolute Gasteiger partial charge is 0.437 e. The maximum atomic E-state index is 12.3. The van der Waals surface area contributed by atoms with Gasteiger partial charge in [0.2, 0.25) is 0 Å². The van der Waals surface area contributed by atoms with Crippen LogP contribution in [0.25, 0.3) is 0 Å². The highest BCUT2D eigenvalue weighted by atomic mass is 32.2. The maximum Gasteiger partial charge on any atom is 0.437 e. The normalized spacial score (nSPS) is 19.2. The summed E-state index contributed by atoms with van der Waals surface area (Å²) in [6, 6.07) is 1.30. The molecule has 0 unspecified atom stereocenters. The first-order chi connectivity index (χ1) is 14.6. The van der Waals surface area contributed by atoms with Crippen LogP contribution in [-0.4, -0.2) is 67.1 Å². The third kappa shape index (κ3) is 6.02.